The lowest BCUT2D eigenvalue weighted by atomic mass is 10.1. The Hall–Kier alpha value is 0.0500. The quantitative estimate of drug-likeness (QED) is 0.213. The van der Waals surface area contributed by atoms with Crippen molar-refractivity contribution in [2.45, 2.75) is 32.8 Å². The Balaban J connectivity index is 0.00000400. The maximum Gasteiger partial charge on any atom is 0.193 e. The van der Waals surface area contributed by atoms with E-state index in [9.17, 15) is 0 Å². The third-order valence-corrected chi connectivity index (χ3v) is 4.15. The van der Waals surface area contributed by atoms with Gasteiger partial charge in [0.15, 0.2) is 5.96 Å². The molecule has 0 aromatic heterocycles. The monoisotopic (exact) mass is 427 g/mol. The first-order valence-corrected chi connectivity index (χ1v) is 8.80. The van der Waals surface area contributed by atoms with Crippen LogP contribution in [0.5, 0.6) is 0 Å². The number of piperidine rings is 1. The summed E-state index contributed by atoms with van der Waals surface area (Å²) in [7, 11) is 0. The van der Waals surface area contributed by atoms with Crippen molar-refractivity contribution >= 4 is 41.7 Å². The fourth-order valence-corrected chi connectivity index (χ4v) is 2.83. The molecule has 0 atom stereocenters. The van der Waals surface area contributed by atoms with Crippen LogP contribution in [0.2, 0.25) is 0 Å². The maximum absolute atomic E-state index is 5.70. The Morgan fingerprint density at radius 2 is 2.14 bits per heavy atom. The van der Waals surface area contributed by atoms with E-state index in [4.69, 9.17) is 9.73 Å². The summed E-state index contributed by atoms with van der Waals surface area (Å²) in [5, 5.41) is 3.40. The first kappa shape index (κ1) is 21.0. The minimum atomic E-state index is 0. The molecule has 1 heterocycles. The molecule has 1 aliphatic rings. The van der Waals surface area contributed by atoms with Gasteiger partial charge < -0.3 is 15.0 Å². The Labute approximate surface area is 151 Å². The van der Waals surface area contributed by atoms with E-state index < -0.39 is 0 Å². The maximum atomic E-state index is 5.70. The van der Waals surface area contributed by atoms with E-state index in [-0.39, 0.29) is 24.0 Å². The van der Waals surface area contributed by atoms with Gasteiger partial charge in [-0.15, -0.1) is 30.6 Å². The molecule has 0 bridgehead atoms. The molecule has 0 saturated carbocycles. The highest BCUT2D eigenvalue weighted by Crippen LogP contribution is 2.13. The van der Waals surface area contributed by atoms with Gasteiger partial charge in [-0.05, 0) is 26.7 Å². The van der Waals surface area contributed by atoms with Gasteiger partial charge in [-0.2, -0.15) is 11.8 Å². The van der Waals surface area contributed by atoms with Crippen LogP contribution in [0.25, 0.3) is 0 Å². The van der Waals surface area contributed by atoms with Crippen LogP contribution in [0, 0.1) is 0 Å². The molecule has 0 aromatic rings. The van der Waals surface area contributed by atoms with Gasteiger partial charge >= 0.3 is 0 Å². The van der Waals surface area contributed by atoms with Gasteiger partial charge in [0.2, 0.25) is 0 Å². The van der Waals surface area contributed by atoms with Crippen LogP contribution in [0.15, 0.2) is 17.6 Å². The van der Waals surface area contributed by atoms with Crippen LogP contribution >= 0.6 is 35.7 Å². The first-order chi connectivity index (χ1) is 9.81. The van der Waals surface area contributed by atoms with Crippen molar-refractivity contribution in [3.63, 3.8) is 0 Å². The topological polar surface area (TPSA) is 36.9 Å². The van der Waals surface area contributed by atoms with Crippen LogP contribution in [-0.2, 0) is 4.74 Å². The van der Waals surface area contributed by atoms with Gasteiger partial charge in [-0.3, -0.25) is 4.99 Å². The van der Waals surface area contributed by atoms with Crippen LogP contribution in [0.4, 0.5) is 0 Å². The zero-order valence-electron chi connectivity index (χ0n) is 13.3. The van der Waals surface area contributed by atoms with Crippen LogP contribution in [-0.4, -0.2) is 61.3 Å². The first-order valence-electron chi connectivity index (χ1n) is 7.65. The summed E-state index contributed by atoms with van der Waals surface area (Å²) in [6.07, 6.45) is 4.58. The van der Waals surface area contributed by atoms with Crippen LogP contribution < -0.4 is 5.32 Å². The second-order valence-corrected chi connectivity index (χ2v) is 5.89. The van der Waals surface area contributed by atoms with E-state index in [1.807, 2.05) is 17.8 Å². The minimum absolute atomic E-state index is 0. The van der Waals surface area contributed by atoms with Crippen molar-refractivity contribution < 1.29 is 4.74 Å². The number of guanidine groups is 1. The Morgan fingerprint density at radius 3 is 2.71 bits per heavy atom. The number of aliphatic imine (C=N–C) groups is 1. The highest BCUT2D eigenvalue weighted by molar-refractivity contribution is 14.0. The number of thioether (sulfide) groups is 1. The van der Waals surface area contributed by atoms with Gasteiger partial charge in [0.25, 0.3) is 0 Å². The summed E-state index contributed by atoms with van der Waals surface area (Å²) in [6.45, 7) is 12.6. The molecule has 4 nitrogen and oxygen atoms in total. The number of rotatable bonds is 8. The molecule has 0 radical (unpaired) electrons. The summed E-state index contributed by atoms with van der Waals surface area (Å²) in [5.74, 6) is 3.11. The number of nitrogens with one attached hydrogen (secondary N) is 1. The van der Waals surface area contributed by atoms with Crippen LogP contribution in [0.1, 0.15) is 26.7 Å². The predicted molar refractivity (Wildman–Crippen MR) is 105 cm³/mol. The fourth-order valence-electron chi connectivity index (χ4n) is 2.28. The van der Waals surface area contributed by atoms with Crippen molar-refractivity contribution in [3.8, 4) is 0 Å². The summed E-state index contributed by atoms with van der Waals surface area (Å²) in [6, 6.07) is 0. The molecule has 0 aromatic carbocycles. The van der Waals surface area contributed by atoms with Crippen molar-refractivity contribution in [1.82, 2.24) is 10.2 Å². The molecule has 1 aliphatic heterocycles. The largest absolute Gasteiger partial charge is 0.378 e. The SMILES string of the molecule is C=CCSCCN=C(NCC)N1CCC(OCC)CC1.I. The normalized spacial score (nSPS) is 16.5. The van der Waals surface area contributed by atoms with E-state index in [1.165, 1.54) is 0 Å². The molecule has 0 unspecified atom stereocenters. The molecule has 0 spiro atoms. The van der Waals surface area contributed by atoms with E-state index >= 15 is 0 Å². The Bertz CT molecular complexity index is 295. The number of hydrogen-bond acceptors (Lipinski definition) is 3. The molecule has 1 saturated heterocycles. The fraction of sp³-hybridized carbons (Fsp3) is 0.800. The average Bonchev–Trinajstić information content (AvgIpc) is 2.47. The molecule has 124 valence electrons. The molecule has 0 amide bonds. The van der Waals surface area contributed by atoms with Gasteiger partial charge in [-0.1, -0.05) is 6.08 Å². The summed E-state index contributed by atoms with van der Waals surface area (Å²) >= 11 is 1.88. The zero-order chi connectivity index (χ0) is 14.6. The number of likely N-dealkylation sites (tertiary alicyclic amines) is 1. The van der Waals surface area contributed by atoms with Gasteiger partial charge in [0.1, 0.15) is 0 Å². The average molecular weight is 427 g/mol. The second-order valence-electron chi connectivity index (χ2n) is 4.74. The standard InChI is InChI=1S/C15H29N3OS.HI/c1-4-12-20-13-9-17-15(16-5-2)18-10-7-14(8-11-18)19-6-3;/h4,14H,1,5-13H2,2-3H3,(H,16,17);1H. The third kappa shape index (κ3) is 8.93. The van der Waals surface area contributed by atoms with Crippen LogP contribution in [0.3, 0.4) is 0 Å². The molecule has 1 rings (SSSR count). The minimum Gasteiger partial charge on any atom is -0.378 e. The molecular weight excluding hydrogens is 397 g/mol. The van der Waals surface area contributed by atoms with Gasteiger partial charge in [0, 0.05) is 37.7 Å². The van der Waals surface area contributed by atoms with Crippen molar-refractivity contribution in [3.05, 3.63) is 12.7 Å². The van der Waals surface area contributed by atoms with E-state index in [0.717, 1.165) is 63.1 Å². The molecule has 1 fully saturated rings. The number of nitrogens with zero attached hydrogens (tertiary/aromatic N) is 2. The van der Waals surface area contributed by atoms with Crippen molar-refractivity contribution in [2.24, 2.45) is 4.99 Å². The second kappa shape index (κ2) is 13.7. The Morgan fingerprint density at radius 1 is 1.43 bits per heavy atom. The highest BCUT2D eigenvalue weighted by Gasteiger charge is 2.21. The number of ether oxygens (including phenoxy) is 1. The molecule has 1 N–H and O–H groups in total. The van der Waals surface area contributed by atoms with Gasteiger partial charge in [0.05, 0.1) is 12.6 Å². The molecule has 21 heavy (non-hydrogen) atoms. The van der Waals surface area contributed by atoms with Crippen molar-refractivity contribution in [2.75, 3.05) is 44.3 Å². The molecular formula is C15H30IN3OS. The lowest BCUT2D eigenvalue weighted by Gasteiger charge is -2.34. The van der Waals surface area contributed by atoms with E-state index in [2.05, 4.69) is 30.6 Å². The smallest absolute Gasteiger partial charge is 0.193 e. The Kier molecular flexibility index (Phi) is 13.7. The third-order valence-electron chi connectivity index (χ3n) is 3.21. The molecule has 6 heteroatoms. The van der Waals surface area contributed by atoms with E-state index in [1.54, 1.807) is 0 Å². The summed E-state index contributed by atoms with van der Waals surface area (Å²) < 4.78 is 5.70. The predicted octanol–water partition coefficient (Wildman–Crippen LogP) is 2.99. The lowest BCUT2D eigenvalue weighted by molar-refractivity contribution is 0.0264. The highest BCUT2D eigenvalue weighted by atomic mass is 127. The van der Waals surface area contributed by atoms with Gasteiger partial charge in [-0.25, -0.2) is 0 Å². The van der Waals surface area contributed by atoms with E-state index in [0.29, 0.717) is 6.10 Å². The zero-order valence-corrected chi connectivity index (χ0v) is 16.5. The summed E-state index contributed by atoms with van der Waals surface area (Å²) in [5.41, 5.74) is 0. The number of hydrogen-bond donors (Lipinski definition) is 1. The molecule has 0 aliphatic carbocycles. The van der Waals surface area contributed by atoms with Crippen molar-refractivity contribution in [1.29, 1.82) is 0 Å². The number of halogens is 1. The lowest BCUT2D eigenvalue weighted by Crippen LogP contribution is -2.47. The summed E-state index contributed by atoms with van der Waals surface area (Å²) in [4.78, 5) is 7.07.